The number of esters is 1. The summed E-state index contributed by atoms with van der Waals surface area (Å²) in [4.78, 5) is 13.9. The van der Waals surface area contributed by atoms with Crippen LogP contribution in [0.4, 0.5) is 0 Å². The lowest BCUT2D eigenvalue weighted by molar-refractivity contribution is -0.150. The van der Waals surface area contributed by atoms with E-state index in [2.05, 4.69) is 33.0 Å². The van der Waals surface area contributed by atoms with Crippen LogP contribution in [0.15, 0.2) is 28.8 Å². The van der Waals surface area contributed by atoms with E-state index in [4.69, 9.17) is 9.26 Å². The van der Waals surface area contributed by atoms with E-state index in [0.29, 0.717) is 5.76 Å². The molecule has 6 heteroatoms. The summed E-state index contributed by atoms with van der Waals surface area (Å²) >= 11 is 3.37. The second-order valence-electron chi connectivity index (χ2n) is 5.37. The maximum atomic E-state index is 12.3. The SMILES string of the molecule is CN1CCC(OC(=O)C(Br)c2onc3ccccc23)CC1. The highest BCUT2D eigenvalue weighted by Crippen LogP contribution is 2.31. The van der Waals surface area contributed by atoms with Gasteiger partial charge in [-0.15, -0.1) is 0 Å². The number of alkyl halides is 1. The molecule has 1 atom stereocenters. The average molecular weight is 353 g/mol. The molecule has 1 fully saturated rings. The van der Waals surface area contributed by atoms with Gasteiger partial charge in [-0.2, -0.15) is 0 Å². The molecule has 1 aromatic heterocycles. The predicted molar refractivity (Wildman–Crippen MR) is 82.3 cm³/mol. The monoisotopic (exact) mass is 352 g/mol. The number of carbonyl (C=O) groups excluding carboxylic acids is 1. The number of likely N-dealkylation sites (tertiary alicyclic amines) is 1. The minimum absolute atomic E-state index is 0.0112. The number of benzene rings is 1. The molecule has 1 aliphatic rings. The first kappa shape index (κ1) is 14.5. The van der Waals surface area contributed by atoms with E-state index in [9.17, 15) is 4.79 Å². The highest BCUT2D eigenvalue weighted by atomic mass is 79.9. The Bertz CT molecular complexity index is 635. The maximum absolute atomic E-state index is 12.3. The summed E-state index contributed by atoms with van der Waals surface area (Å²) < 4.78 is 10.9. The highest BCUT2D eigenvalue weighted by Gasteiger charge is 2.29. The van der Waals surface area contributed by atoms with Crippen LogP contribution in [0.3, 0.4) is 0 Å². The molecule has 0 amide bonds. The van der Waals surface area contributed by atoms with E-state index in [1.807, 2.05) is 24.3 Å². The van der Waals surface area contributed by atoms with Gasteiger partial charge in [0.05, 0.1) is 0 Å². The van der Waals surface area contributed by atoms with Gasteiger partial charge in [0.1, 0.15) is 11.6 Å². The van der Waals surface area contributed by atoms with Crippen LogP contribution in [0.2, 0.25) is 0 Å². The molecule has 2 aromatic rings. The van der Waals surface area contributed by atoms with Crippen LogP contribution in [0.25, 0.3) is 10.9 Å². The second-order valence-corrected chi connectivity index (χ2v) is 6.28. The number of fused-ring (bicyclic) bond motifs is 1. The smallest absolute Gasteiger partial charge is 0.327 e. The largest absolute Gasteiger partial charge is 0.461 e. The van der Waals surface area contributed by atoms with E-state index in [1.54, 1.807) is 0 Å². The molecule has 0 bridgehead atoms. The Hall–Kier alpha value is -1.40. The molecule has 2 heterocycles. The minimum atomic E-state index is -0.621. The van der Waals surface area contributed by atoms with Gasteiger partial charge in [0.2, 0.25) is 0 Å². The van der Waals surface area contributed by atoms with Crippen LogP contribution < -0.4 is 0 Å². The molecule has 1 unspecified atom stereocenters. The topological polar surface area (TPSA) is 55.6 Å². The van der Waals surface area contributed by atoms with Crippen molar-refractivity contribution in [3.8, 4) is 0 Å². The predicted octanol–water partition coefficient (Wildman–Crippen LogP) is 2.90. The number of ether oxygens (including phenoxy) is 1. The summed E-state index contributed by atoms with van der Waals surface area (Å²) in [6.45, 7) is 1.91. The van der Waals surface area contributed by atoms with Crippen LogP contribution in [-0.2, 0) is 9.53 Å². The zero-order valence-corrected chi connectivity index (χ0v) is 13.4. The fourth-order valence-electron chi connectivity index (χ4n) is 2.53. The van der Waals surface area contributed by atoms with Crippen molar-refractivity contribution >= 4 is 32.8 Å². The number of halogens is 1. The lowest BCUT2D eigenvalue weighted by Crippen LogP contribution is -2.35. The zero-order chi connectivity index (χ0) is 14.8. The third-order valence-corrected chi connectivity index (χ3v) is 4.59. The van der Waals surface area contributed by atoms with Crippen molar-refractivity contribution in [1.82, 2.24) is 10.1 Å². The van der Waals surface area contributed by atoms with Gasteiger partial charge in [-0.3, -0.25) is 4.79 Å². The Labute approximate surface area is 131 Å². The van der Waals surface area contributed by atoms with Crippen LogP contribution in [0.1, 0.15) is 23.4 Å². The Kier molecular flexibility index (Phi) is 4.26. The van der Waals surface area contributed by atoms with E-state index in [1.165, 1.54) is 0 Å². The number of carbonyl (C=O) groups is 1. The van der Waals surface area contributed by atoms with Gasteiger partial charge in [0.25, 0.3) is 0 Å². The molecule has 0 saturated carbocycles. The molecule has 112 valence electrons. The molecule has 0 aliphatic carbocycles. The lowest BCUT2D eigenvalue weighted by Gasteiger charge is -2.28. The summed E-state index contributed by atoms with van der Waals surface area (Å²) in [5.41, 5.74) is 0.740. The lowest BCUT2D eigenvalue weighted by atomic mass is 10.1. The summed E-state index contributed by atoms with van der Waals surface area (Å²) in [5.74, 6) is 0.190. The summed E-state index contributed by atoms with van der Waals surface area (Å²) in [6, 6.07) is 7.52. The number of aromatic nitrogens is 1. The van der Waals surface area contributed by atoms with E-state index in [-0.39, 0.29) is 12.1 Å². The maximum Gasteiger partial charge on any atom is 0.327 e. The Balaban J connectivity index is 1.69. The van der Waals surface area contributed by atoms with E-state index in [0.717, 1.165) is 36.8 Å². The van der Waals surface area contributed by atoms with Crippen molar-refractivity contribution < 1.29 is 14.1 Å². The Morgan fingerprint density at radius 3 is 2.90 bits per heavy atom. The van der Waals surface area contributed by atoms with Crippen LogP contribution in [0.5, 0.6) is 0 Å². The minimum Gasteiger partial charge on any atom is -0.461 e. The number of hydrogen-bond acceptors (Lipinski definition) is 5. The van der Waals surface area contributed by atoms with Crippen molar-refractivity contribution in [2.75, 3.05) is 20.1 Å². The standard InChI is InChI=1S/C15H17BrN2O3/c1-18-8-6-10(7-9-18)20-15(19)13(16)14-11-4-2-3-5-12(11)17-21-14/h2-5,10,13H,6-9H2,1H3. The fourth-order valence-corrected chi connectivity index (χ4v) is 2.96. The normalized spacial score (nSPS) is 18.8. The number of rotatable bonds is 3. The third-order valence-electron chi connectivity index (χ3n) is 3.80. The van der Waals surface area contributed by atoms with Crippen molar-refractivity contribution in [2.45, 2.75) is 23.8 Å². The number of hydrogen-bond donors (Lipinski definition) is 0. The first-order valence-electron chi connectivity index (χ1n) is 7.02. The van der Waals surface area contributed by atoms with Crippen molar-refractivity contribution in [1.29, 1.82) is 0 Å². The van der Waals surface area contributed by atoms with Crippen molar-refractivity contribution in [2.24, 2.45) is 0 Å². The van der Waals surface area contributed by atoms with Gasteiger partial charge in [-0.05, 0) is 32.0 Å². The highest BCUT2D eigenvalue weighted by molar-refractivity contribution is 9.09. The van der Waals surface area contributed by atoms with Gasteiger partial charge in [0, 0.05) is 18.5 Å². The van der Waals surface area contributed by atoms with Gasteiger partial charge in [-0.1, -0.05) is 33.2 Å². The Morgan fingerprint density at radius 1 is 1.43 bits per heavy atom. The molecule has 3 rings (SSSR count). The molecule has 1 aliphatic heterocycles. The van der Waals surface area contributed by atoms with Gasteiger partial charge in [-0.25, -0.2) is 0 Å². The zero-order valence-electron chi connectivity index (χ0n) is 11.8. The molecule has 0 N–H and O–H groups in total. The second kappa shape index (κ2) is 6.15. The fraction of sp³-hybridized carbons (Fsp3) is 0.467. The third kappa shape index (κ3) is 3.11. The molecule has 0 spiro atoms. The molecular formula is C15H17BrN2O3. The number of piperidine rings is 1. The first-order chi connectivity index (χ1) is 10.1. The quantitative estimate of drug-likeness (QED) is 0.627. The van der Waals surface area contributed by atoms with Crippen LogP contribution >= 0.6 is 15.9 Å². The molecule has 1 aromatic carbocycles. The first-order valence-corrected chi connectivity index (χ1v) is 7.94. The number of nitrogens with zero attached hydrogens (tertiary/aromatic N) is 2. The van der Waals surface area contributed by atoms with Gasteiger partial charge in [0.15, 0.2) is 10.6 Å². The van der Waals surface area contributed by atoms with Crippen LogP contribution in [0, 0.1) is 0 Å². The molecule has 5 nitrogen and oxygen atoms in total. The van der Waals surface area contributed by atoms with Crippen molar-refractivity contribution in [3.05, 3.63) is 30.0 Å². The molecule has 1 saturated heterocycles. The average Bonchev–Trinajstić information content (AvgIpc) is 2.92. The summed E-state index contributed by atoms with van der Waals surface area (Å²) in [7, 11) is 2.08. The van der Waals surface area contributed by atoms with Crippen LogP contribution in [-0.4, -0.2) is 42.3 Å². The summed E-state index contributed by atoms with van der Waals surface area (Å²) in [6.07, 6.45) is 1.74. The Morgan fingerprint density at radius 2 is 2.14 bits per heavy atom. The molecule has 21 heavy (non-hydrogen) atoms. The summed E-state index contributed by atoms with van der Waals surface area (Å²) in [5, 5.41) is 4.79. The van der Waals surface area contributed by atoms with Crippen molar-refractivity contribution in [3.63, 3.8) is 0 Å². The molecule has 0 radical (unpaired) electrons. The molecular weight excluding hydrogens is 336 g/mol. The van der Waals surface area contributed by atoms with Gasteiger partial charge >= 0.3 is 5.97 Å². The van der Waals surface area contributed by atoms with E-state index < -0.39 is 4.83 Å². The van der Waals surface area contributed by atoms with Gasteiger partial charge < -0.3 is 14.2 Å². The van der Waals surface area contributed by atoms with E-state index >= 15 is 0 Å².